The number of esters is 2. The molecular formula is C44H84BrNO5. The first kappa shape index (κ1) is 51.9. The van der Waals surface area contributed by atoms with Gasteiger partial charge in [0.25, 0.3) is 6.23 Å². The number of aliphatic hydroxyl groups is 1. The molecule has 0 heterocycles. The molecule has 0 saturated heterocycles. The number of hydrogen-bond donors (Lipinski definition) is 1. The Hall–Kier alpha value is -1.18. The number of allylic oxidation sites excluding steroid dienone is 4. The largest absolute Gasteiger partial charge is 1.00 e. The lowest BCUT2D eigenvalue weighted by Gasteiger charge is -2.39. The zero-order chi connectivity index (χ0) is 37.0. The fourth-order valence-electron chi connectivity index (χ4n) is 6.61. The molecule has 2 unspecified atom stereocenters. The van der Waals surface area contributed by atoms with Gasteiger partial charge in [-0.1, -0.05) is 141 Å². The minimum Gasteiger partial charge on any atom is -1.00 e. The van der Waals surface area contributed by atoms with E-state index in [1.165, 1.54) is 116 Å². The van der Waals surface area contributed by atoms with Gasteiger partial charge < -0.3 is 31.6 Å². The topological polar surface area (TPSA) is 72.8 Å². The number of halogens is 1. The SMILES string of the molecule is CCCCCCCC/C=C\CCCCCCCC(=O)OC(C)C(OC(=O)CCCCCCC/C=C\CCCCCCCC)[N+](C)(C)CCCO.[Br-]. The first-order valence-electron chi connectivity index (χ1n) is 21.4. The molecule has 6 nitrogen and oxygen atoms in total. The molecule has 302 valence electrons. The van der Waals surface area contributed by atoms with Gasteiger partial charge in [0.05, 0.1) is 20.6 Å². The average Bonchev–Trinajstić information content (AvgIpc) is 3.09. The molecule has 0 aromatic carbocycles. The van der Waals surface area contributed by atoms with E-state index < -0.39 is 12.3 Å². The second-order valence-corrected chi connectivity index (χ2v) is 15.3. The van der Waals surface area contributed by atoms with E-state index in [0.29, 0.717) is 30.3 Å². The standard InChI is InChI=1S/C44H84NO5.BrH/c1-6-8-10-12-14-16-18-20-22-24-26-28-30-32-34-37-42(47)49-41(3)44(45(4,5)39-36-40-46)50-43(48)38-35-33-31-29-27-25-23-21-19-17-15-13-11-9-7-2;/h20-23,41,44,46H,6-19,24-40H2,1-5H3;1H/q+1;/p-1/b22-20-,23-21-;. The Bertz CT molecular complexity index is 830. The monoisotopic (exact) mass is 786 g/mol. The molecule has 0 radical (unpaired) electrons. The summed E-state index contributed by atoms with van der Waals surface area (Å²) in [5.41, 5.74) is 0. The van der Waals surface area contributed by atoms with Gasteiger partial charge in [-0.3, -0.25) is 14.1 Å². The Morgan fingerprint density at radius 3 is 1.24 bits per heavy atom. The van der Waals surface area contributed by atoms with Crippen molar-refractivity contribution >= 4 is 11.9 Å². The number of quaternary nitrogens is 1. The van der Waals surface area contributed by atoms with Crippen molar-refractivity contribution in [2.45, 2.75) is 219 Å². The minimum atomic E-state index is -0.602. The van der Waals surface area contributed by atoms with Gasteiger partial charge in [-0.15, -0.1) is 0 Å². The van der Waals surface area contributed by atoms with Crippen LogP contribution in [0.3, 0.4) is 0 Å². The van der Waals surface area contributed by atoms with Gasteiger partial charge in [0.15, 0.2) is 6.10 Å². The molecule has 0 bridgehead atoms. The van der Waals surface area contributed by atoms with E-state index in [-0.39, 0.29) is 35.5 Å². The quantitative estimate of drug-likeness (QED) is 0.0224. The summed E-state index contributed by atoms with van der Waals surface area (Å²) < 4.78 is 12.2. The third-order valence-corrected chi connectivity index (χ3v) is 9.84. The summed E-state index contributed by atoms with van der Waals surface area (Å²) in [5, 5.41) is 9.43. The van der Waals surface area contributed by atoms with Gasteiger partial charge >= 0.3 is 11.9 Å². The normalized spacial score (nSPS) is 13.1. The number of hydrogen-bond acceptors (Lipinski definition) is 5. The molecule has 0 spiro atoms. The predicted octanol–water partition coefficient (Wildman–Crippen LogP) is 9.33. The second kappa shape index (κ2) is 38.5. The van der Waals surface area contributed by atoms with Crippen LogP contribution < -0.4 is 17.0 Å². The number of carbonyl (C=O) groups is 2. The number of nitrogens with zero attached hydrogens (tertiary/aromatic N) is 1. The molecule has 0 fully saturated rings. The molecule has 7 heteroatoms. The van der Waals surface area contributed by atoms with E-state index in [2.05, 4.69) is 38.2 Å². The number of aliphatic hydroxyl groups excluding tert-OH is 1. The predicted molar refractivity (Wildman–Crippen MR) is 213 cm³/mol. The van der Waals surface area contributed by atoms with Crippen molar-refractivity contribution in [1.29, 1.82) is 0 Å². The maximum Gasteiger partial charge on any atom is 0.310 e. The maximum absolute atomic E-state index is 12.9. The zero-order valence-corrected chi connectivity index (χ0v) is 35.9. The molecule has 0 aliphatic heterocycles. The Kier molecular flexibility index (Phi) is 39.2. The molecule has 0 aliphatic rings. The van der Waals surface area contributed by atoms with E-state index in [4.69, 9.17) is 9.47 Å². The summed E-state index contributed by atoms with van der Waals surface area (Å²) in [6.45, 7) is 7.05. The second-order valence-electron chi connectivity index (χ2n) is 15.3. The van der Waals surface area contributed by atoms with Crippen LogP contribution in [-0.4, -0.2) is 61.1 Å². The summed E-state index contributed by atoms with van der Waals surface area (Å²) in [6.07, 6.45) is 41.3. The summed E-state index contributed by atoms with van der Waals surface area (Å²) in [7, 11) is 3.95. The fourth-order valence-corrected chi connectivity index (χ4v) is 6.61. The average molecular weight is 787 g/mol. The van der Waals surface area contributed by atoms with Crippen LogP contribution in [0, 0.1) is 0 Å². The van der Waals surface area contributed by atoms with Crippen molar-refractivity contribution in [3.05, 3.63) is 24.3 Å². The molecular weight excluding hydrogens is 702 g/mol. The van der Waals surface area contributed by atoms with E-state index >= 15 is 0 Å². The molecule has 0 aromatic heterocycles. The third-order valence-electron chi connectivity index (χ3n) is 9.84. The lowest BCUT2D eigenvalue weighted by molar-refractivity contribution is -0.938. The van der Waals surface area contributed by atoms with Crippen molar-refractivity contribution in [3.63, 3.8) is 0 Å². The molecule has 51 heavy (non-hydrogen) atoms. The Balaban J connectivity index is 0. The van der Waals surface area contributed by atoms with E-state index in [9.17, 15) is 14.7 Å². The number of carbonyl (C=O) groups excluding carboxylic acids is 2. The first-order chi connectivity index (χ1) is 24.3. The summed E-state index contributed by atoms with van der Waals surface area (Å²) in [4.78, 5) is 25.6. The lowest BCUT2D eigenvalue weighted by atomic mass is 10.1. The van der Waals surface area contributed by atoms with Gasteiger partial charge in [0.1, 0.15) is 0 Å². The van der Waals surface area contributed by atoms with E-state index in [1.54, 1.807) is 0 Å². The molecule has 1 N–H and O–H groups in total. The van der Waals surface area contributed by atoms with Crippen LogP contribution in [0.5, 0.6) is 0 Å². The summed E-state index contributed by atoms with van der Waals surface area (Å²) in [6, 6.07) is 0. The number of unbranched alkanes of at least 4 members (excludes halogenated alkanes) is 22. The van der Waals surface area contributed by atoms with E-state index in [0.717, 1.165) is 51.4 Å². The third kappa shape index (κ3) is 34.3. The van der Waals surface area contributed by atoms with Crippen LogP contribution in [0.2, 0.25) is 0 Å². The van der Waals surface area contributed by atoms with Crippen molar-refractivity contribution < 1.29 is 45.6 Å². The van der Waals surface area contributed by atoms with Crippen LogP contribution in [0.1, 0.15) is 207 Å². The molecule has 0 aliphatic carbocycles. The first-order valence-corrected chi connectivity index (χ1v) is 21.4. The summed E-state index contributed by atoms with van der Waals surface area (Å²) >= 11 is 0. The molecule has 0 aromatic rings. The smallest absolute Gasteiger partial charge is 0.310 e. The molecule has 2 atom stereocenters. The van der Waals surface area contributed by atoms with Crippen LogP contribution in [0.15, 0.2) is 24.3 Å². The highest BCUT2D eigenvalue weighted by atomic mass is 79.9. The van der Waals surface area contributed by atoms with Gasteiger partial charge in [-0.2, -0.15) is 0 Å². The van der Waals surface area contributed by atoms with Crippen LogP contribution >= 0.6 is 0 Å². The maximum atomic E-state index is 12.9. The van der Waals surface area contributed by atoms with Crippen molar-refractivity contribution in [3.8, 4) is 0 Å². The molecule has 0 saturated carbocycles. The van der Waals surface area contributed by atoms with Crippen LogP contribution in [-0.2, 0) is 19.1 Å². The number of likely N-dealkylation sites (N-methyl/N-ethyl adjacent to an activating group) is 1. The van der Waals surface area contributed by atoms with Gasteiger partial charge in [0, 0.05) is 25.9 Å². The van der Waals surface area contributed by atoms with Gasteiger partial charge in [0.2, 0.25) is 0 Å². The van der Waals surface area contributed by atoms with Gasteiger partial charge in [-0.05, 0) is 71.1 Å². The van der Waals surface area contributed by atoms with Crippen LogP contribution in [0.4, 0.5) is 0 Å². The van der Waals surface area contributed by atoms with E-state index in [1.807, 2.05) is 21.0 Å². The Labute approximate surface area is 327 Å². The highest BCUT2D eigenvalue weighted by Gasteiger charge is 2.38. The number of ether oxygens (including phenoxy) is 2. The number of rotatable bonds is 37. The Morgan fingerprint density at radius 1 is 0.529 bits per heavy atom. The molecule has 0 amide bonds. The summed E-state index contributed by atoms with van der Waals surface area (Å²) in [5.74, 6) is -0.460. The lowest BCUT2D eigenvalue weighted by Crippen LogP contribution is -3.00. The Morgan fingerprint density at radius 2 is 0.863 bits per heavy atom. The molecule has 0 rings (SSSR count). The van der Waals surface area contributed by atoms with Gasteiger partial charge in [-0.25, -0.2) is 0 Å². The van der Waals surface area contributed by atoms with Crippen LogP contribution in [0.25, 0.3) is 0 Å². The van der Waals surface area contributed by atoms with Crippen molar-refractivity contribution in [2.75, 3.05) is 27.2 Å². The zero-order valence-electron chi connectivity index (χ0n) is 34.3. The highest BCUT2D eigenvalue weighted by molar-refractivity contribution is 5.70. The fraction of sp³-hybridized carbons (Fsp3) is 0.864. The van der Waals surface area contributed by atoms with Crippen molar-refractivity contribution in [1.82, 2.24) is 0 Å². The highest BCUT2D eigenvalue weighted by Crippen LogP contribution is 2.20. The van der Waals surface area contributed by atoms with Crippen molar-refractivity contribution in [2.24, 2.45) is 0 Å². The minimum absolute atomic E-state index is 0.